The SMILES string of the molecule is Clc1ccc2nc(-c3cccnc3)nc(-c3ccccc3)c2c1. The van der Waals surface area contributed by atoms with Crippen LogP contribution in [0.15, 0.2) is 73.1 Å². The monoisotopic (exact) mass is 317 g/mol. The second-order valence-corrected chi connectivity index (χ2v) is 5.60. The summed E-state index contributed by atoms with van der Waals surface area (Å²) in [5, 5.41) is 1.61. The number of rotatable bonds is 2. The van der Waals surface area contributed by atoms with Crippen molar-refractivity contribution in [1.82, 2.24) is 15.0 Å². The average Bonchev–Trinajstić information content (AvgIpc) is 2.62. The molecule has 0 saturated carbocycles. The molecule has 2 aromatic carbocycles. The molecule has 0 aliphatic carbocycles. The van der Waals surface area contributed by atoms with Gasteiger partial charge in [-0.2, -0.15) is 0 Å². The highest BCUT2D eigenvalue weighted by Gasteiger charge is 2.11. The van der Waals surface area contributed by atoms with E-state index in [0.29, 0.717) is 10.8 Å². The van der Waals surface area contributed by atoms with Gasteiger partial charge in [-0.05, 0) is 30.3 Å². The molecule has 4 rings (SSSR count). The van der Waals surface area contributed by atoms with Crippen molar-refractivity contribution >= 4 is 22.5 Å². The summed E-state index contributed by atoms with van der Waals surface area (Å²) in [6, 6.07) is 19.6. The molecule has 0 saturated heterocycles. The fraction of sp³-hybridized carbons (Fsp3) is 0. The van der Waals surface area contributed by atoms with Gasteiger partial charge in [0.25, 0.3) is 0 Å². The van der Waals surface area contributed by atoms with Crippen LogP contribution in [0.4, 0.5) is 0 Å². The van der Waals surface area contributed by atoms with Gasteiger partial charge in [0.05, 0.1) is 11.2 Å². The molecule has 2 heterocycles. The van der Waals surface area contributed by atoms with E-state index in [0.717, 1.165) is 27.7 Å². The molecule has 4 aromatic rings. The number of fused-ring (bicyclic) bond motifs is 1. The van der Waals surface area contributed by atoms with E-state index in [4.69, 9.17) is 16.6 Å². The number of aromatic nitrogens is 3. The zero-order valence-corrected chi connectivity index (χ0v) is 12.9. The quantitative estimate of drug-likeness (QED) is 0.521. The second-order valence-electron chi connectivity index (χ2n) is 5.17. The standard InChI is InChI=1S/C19H12ClN3/c20-15-8-9-17-16(11-15)18(13-5-2-1-3-6-13)23-19(22-17)14-7-4-10-21-12-14/h1-12H. The van der Waals surface area contributed by atoms with Gasteiger partial charge in [0.15, 0.2) is 5.82 Å². The van der Waals surface area contributed by atoms with Crippen molar-refractivity contribution < 1.29 is 0 Å². The third-order valence-corrected chi connectivity index (χ3v) is 3.86. The van der Waals surface area contributed by atoms with E-state index in [-0.39, 0.29) is 0 Å². The van der Waals surface area contributed by atoms with Gasteiger partial charge in [0.2, 0.25) is 0 Å². The number of halogens is 1. The fourth-order valence-corrected chi connectivity index (χ4v) is 2.71. The van der Waals surface area contributed by atoms with Gasteiger partial charge in [-0.15, -0.1) is 0 Å². The summed E-state index contributed by atoms with van der Waals surface area (Å²) in [4.78, 5) is 13.6. The minimum atomic E-state index is 0.659. The molecule has 0 bridgehead atoms. The topological polar surface area (TPSA) is 38.7 Å². The van der Waals surface area contributed by atoms with Crippen LogP contribution in [0.25, 0.3) is 33.5 Å². The fourth-order valence-electron chi connectivity index (χ4n) is 2.54. The predicted molar refractivity (Wildman–Crippen MR) is 93.2 cm³/mol. The zero-order valence-electron chi connectivity index (χ0n) is 12.1. The first kappa shape index (κ1) is 13.9. The van der Waals surface area contributed by atoms with E-state index in [2.05, 4.69) is 9.97 Å². The van der Waals surface area contributed by atoms with E-state index in [9.17, 15) is 0 Å². The van der Waals surface area contributed by atoms with E-state index >= 15 is 0 Å². The third-order valence-electron chi connectivity index (χ3n) is 3.62. The van der Waals surface area contributed by atoms with E-state index in [1.807, 2.05) is 60.7 Å². The van der Waals surface area contributed by atoms with Gasteiger partial charge in [-0.3, -0.25) is 4.98 Å². The van der Waals surface area contributed by atoms with Crippen molar-refractivity contribution in [2.75, 3.05) is 0 Å². The van der Waals surface area contributed by atoms with Crippen molar-refractivity contribution in [3.8, 4) is 22.6 Å². The highest BCUT2D eigenvalue weighted by Crippen LogP contribution is 2.30. The minimum absolute atomic E-state index is 0.659. The number of benzene rings is 2. The number of nitrogens with zero attached hydrogens (tertiary/aromatic N) is 3. The number of pyridine rings is 1. The molecule has 0 aliphatic rings. The van der Waals surface area contributed by atoms with Crippen molar-refractivity contribution in [2.45, 2.75) is 0 Å². The maximum absolute atomic E-state index is 6.17. The molecule has 0 N–H and O–H groups in total. The van der Waals surface area contributed by atoms with Crippen LogP contribution in [0.2, 0.25) is 5.02 Å². The van der Waals surface area contributed by atoms with Crippen molar-refractivity contribution in [3.63, 3.8) is 0 Å². The molecular formula is C19H12ClN3. The minimum Gasteiger partial charge on any atom is -0.264 e. The van der Waals surface area contributed by atoms with Gasteiger partial charge < -0.3 is 0 Å². The van der Waals surface area contributed by atoms with E-state index in [1.165, 1.54) is 0 Å². The molecule has 23 heavy (non-hydrogen) atoms. The van der Waals surface area contributed by atoms with Crippen LogP contribution >= 0.6 is 11.6 Å². The van der Waals surface area contributed by atoms with Crippen LogP contribution in [-0.2, 0) is 0 Å². The molecule has 4 heteroatoms. The van der Waals surface area contributed by atoms with Crippen molar-refractivity contribution in [1.29, 1.82) is 0 Å². The first-order chi connectivity index (χ1) is 11.3. The maximum Gasteiger partial charge on any atom is 0.161 e. The van der Waals surface area contributed by atoms with Gasteiger partial charge in [0, 0.05) is 33.9 Å². The Hall–Kier alpha value is -2.78. The molecule has 0 amide bonds. The largest absolute Gasteiger partial charge is 0.264 e. The van der Waals surface area contributed by atoms with Gasteiger partial charge in [0.1, 0.15) is 0 Å². The van der Waals surface area contributed by atoms with Crippen LogP contribution in [0.3, 0.4) is 0 Å². The Bertz CT molecular complexity index is 970. The van der Waals surface area contributed by atoms with Gasteiger partial charge >= 0.3 is 0 Å². The van der Waals surface area contributed by atoms with Crippen molar-refractivity contribution in [2.24, 2.45) is 0 Å². The molecule has 110 valence electrons. The zero-order chi connectivity index (χ0) is 15.6. The summed E-state index contributed by atoms with van der Waals surface area (Å²) in [6.07, 6.45) is 3.51. The Morgan fingerprint density at radius 2 is 1.61 bits per heavy atom. The second kappa shape index (κ2) is 5.78. The van der Waals surface area contributed by atoms with E-state index < -0.39 is 0 Å². The summed E-state index contributed by atoms with van der Waals surface area (Å²) >= 11 is 6.17. The molecule has 3 nitrogen and oxygen atoms in total. The Kier molecular flexibility index (Phi) is 3.48. The molecule has 0 fully saturated rings. The van der Waals surface area contributed by atoms with Crippen LogP contribution in [0.1, 0.15) is 0 Å². The Morgan fingerprint density at radius 1 is 0.783 bits per heavy atom. The summed E-state index contributed by atoms with van der Waals surface area (Å²) in [5.74, 6) is 0.659. The Labute approximate surface area is 138 Å². The summed E-state index contributed by atoms with van der Waals surface area (Å²) < 4.78 is 0. The smallest absolute Gasteiger partial charge is 0.161 e. The van der Waals surface area contributed by atoms with Crippen LogP contribution in [0, 0.1) is 0 Å². The summed E-state index contributed by atoms with van der Waals surface area (Å²) in [5.41, 5.74) is 3.66. The van der Waals surface area contributed by atoms with Gasteiger partial charge in [-0.1, -0.05) is 41.9 Å². The van der Waals surface area contributed by atoms with Gasteiger partial charge in [-0.25, -0.2) is 9.97 Å². The summed E-state index contributed by atoms with van der Waals surface area (Å²) in [7, 11) is 0. The normalized spacial score (nSPS) is 10.8. The third kappa shape index (κ3) is 2.67. The van der Waals surface area contributed by atoms with E-state index in [1.54, 1.807) is 12.4 Å². The molecule has 0 unspecified atom stereocenters. The highest BCUT2D eigenvalue weighted by atomic mass is 35.5. The maximum atomic E-state index is 6.17. The molecule has 0 radical (unpaired) electrons. The Balaban J connectivity index is 2.04. The first-order valence-corrected chi connectivity index (χ1v) is 7.62. The molecule has 2 aromatic heterocycles. The predicted octanol–water partition coefficient (Wildman–Crippen LogP) is 5.01. The molecule has 0 spiro atoms. The lowest BCUT2D eigenvalue weighted by Crippen LogP contribution is -1.95. The van der Waals surface area contributed by atoms with Crippen LogP contribution in [0.5, 0.6) is 0 Å². The molecule has 0 aliphatic heterocycles. The highest BCUT2D eigenvalue weighted by molar-refractivity contribution is 6.31. The lowest BCUT2D eigenvalue weighted by molar-refractivity contribution is 1.21. The molecule has 0 atom stereocenters. The van der Waals surface area contributed by atoms with Crippen LogP contribution < -0.4 is 0 Å². The number of hydrogen-bond donors (Lipinski definition) is 0. The molecular weight excluding hydrogens is 306 g/mol. The lowest BCUT2D eigenvalue weighted by atomic mass is 10.1. The van der Waals surface area contributed by atoms with Crippen LogP contribution in [-0.4, -0.2) is 15.0 Å². The lowest BCUT2D eigenvalue weighted by Gasteiger charge is -2.09. The Morgan fingerprint density at radius 3 is 2.39 bits per heavy atom. The average molecular weight is 318 g/mol. The first-order valence-electron chi connectivity index (χ1n) is 7.24. The van der Waals surface area contributed by atoms with Crippen molar-refractivity contribution in [3.05, 3.63) is 78.1 Å². The summed E-state index contributed by atoms with van der Waals surface area (Å²) in [6.45, 7) is 0. The number of hydrogen-bond acceptors (Lipinski definition) is 3.